The van der Waals surface area contributed by atoms with Gasteiger partial charge in [-0.3, -0.25) is 14.0 Å². The number of rotatable bonds is 8. The van der Waals surface area contributed by atoms with E-state index in [0.29, 0.717) is 5.69 Å². The highest BCUT2D eigenvalue weighted by Gasteiger charge is 2.27. The van der Waals surface area contributed by atoms with Crippen LogP contribution in [0, 0.1) is 3.57 Å². The van der Waals surface area contributed by atoms with Gasteiger partial charge >= 0.3 is 0 Å². The molecule has 1 aliphatic heterocycles. The third-order valence-corrected chi connectivity index (χ3v) is 8.26. The standard InChI is InChI=1S/C26H27IN4O3S/c27-22-11-13-24(14-12-22)31(35(33,34)25-9-5-2-6-10-25)20-26(32)29-28-23-15-17-30(18-16-23)19-21-7-3-1-4-8-21/h1-14H,15-20H2,(H,29,32). The predicted octanol–water partition coefficient (Wildman–Crippen LogP) is 4.25. The van der Waals surface area contributed by atoms with Gasteiger partial charge in [-0.05, 0) is 64.6 Å². The molecule has 4 rings (SSSR count). The fourth-order valence-electron chi connectivity index (χ4n) is 3.87. The molecule has 35 heavy (non-hydrogen) atoms. The van der Waals surface area contributed by atoms with Gasteiger partial charge in [-0.15, -0.1) is 0 Å². The number of anilines is 1. The molecule has 3 aromatic rings. The minimum atomic E-state index is -3.93. The van der Waals surface area contributed by atoms with Gasteiger partial charge in [-0.25, -0.2) is 13.8 Å². The van der Waals surface area contributed by atoms with Crippen molar-refractivity contribution in [3.63, 3.8) is 0 Å². The van der Waals surface area contributed by atoms with Crippen LogP contribution in [0.3, 0.4) is 0 Å². The molecular formula is C26H27IN4O3S. The Kier molecular flexibility index (Phi) is 8.53. The first kappa shape index (κ1) is 25.3. The Hall–Kier alpha value is -2.76. The molecule has 182 valence electrons. The molecule has 7 nitrogen and oxygen atoms in total. The summed E-state index contributed by atoms with van der Waals surface area (Å²) in [5.74, 6) is -0.484. The monoisotopic (exact) mass is 602 g/mol. The van der Waals surface area contributed by atoms with Crippen LogP contribution in [-0.4, -0.2) is 44.6 Å². The van der Waals surface area contributed by atoms with Crippen LogP contribution in [0.1, 0.15) is 18.4 Å². The van der Waals surface area contributed by atoms with Gasteiger partial charge in [0.1, 0.15) is 6.54 Å². The molecule has 0 radical (unpaired) electrons. The zero-order valence-electron chi connectivity index (χ0n) is 19.2. The molecule has 1 fully saturated rings. The topological polar surface area (TPSA) is 82.1 Å². The molecule has 0 aliphatic carbocycles. The van der Waals surface area contributed by atoms with Gasteiger partial charge in [0.2, 0.25) is 0 Å². The predicted molar refractivity (Wildman–Crippen MR) is 147 cm³/mol. The summed E-state index contributed by atoms with van der Waals surface area (Å²) in [6, 6.07) is 25.5. The normalized spacial score (nSPS) is 14.4. The molecule has 0 unspecified atom stereocenters. The van der Waals surface area contributed by atoms with Crippen molar-refractivity contribution in [3.05, 3.63) is 94.1 Å². The smallest absolute Gasteiger partial charge is 0.264 e. The number of halogens is 1. The van der Waals surface area contributed by atoms with Crippen molar-refractivity contribution >= 4 is 49.9 Å². The molecule has 1 amide bonds. The lowest BCUT2D eigenvalue weighted by Gasteiger charge is -2.27. The van der Waals surface area contributed by atoms with Crippen LogP contribution in [-0.2, 0) is 21.4 Å². The van der Waals surface area contributed by atoms with E-state index in [-0.39, 0.29) is 11.4 Å². The molecular weight excluding hydrogens is 575 g/mol. The van der Waals surface area contributed by atoms with Crippen LogP contribution in [0.2, 0.25) is 0 Å². The summed E-state index contributed by atoms with van der Waals surface area (Å²) in [5, 5.41) is 4.31. The first-order chi connectivity index (χ1) is 16.9. The Morgan fingerprint density at radius 1 is 0.914 bits per heavy atom. The Balaban J connectivity index is 1.40. The highest BCUT2D eigenvalue weighted by atomic mass is 127. The third-order valence-electron chi connectivity index (χ3n) is 5.75. The fraction of sp³-hybridized carbons (Fsp3) is 0.231. The van der Waals surface area contributed by atoms with Gasteiger partial charge in [0.25, 0.3) is 15.9 Å². The van der Waals surface area contributed by atoms with E-state index in [0.717, 1.165) is 46.1 Å². The van der Waals surface area contributed by atoms with Crippen LogP contribution >= 0.6 is 22.6 Å². The van der Waals surface area contributed by atoms with Gasteiger partial charge < -0.3 is 0 Å². The van der Waals surface area contributed by atoms with Crippen LogP contribution in [0.4, 0.5) is 5.69 Å². The third kappa shape index (κ3) is 6.89. The van der Waals surface area contributed by atoms with E-state index in [2.05, 4.69) is 50.2 Å². The number of amides is 1. The van der Waals surface area contributed by atoms with E-state index in [9.17, 15) is 13.2 Å². The minimum absolute atomic E-state index is 0.128. The zero-order valence-corrected chi connectivity index (χ0v) is 22.2. The molecule has 0 atom stereocenters. The van der Waals surface area contributed by atoms with Gasteiger partial charge in [0.15, 0.2) is 0 Å². The average Bonchev–Trinajstić information content (AvgIpc) is 2.88. The second-order valence-corrected chi connectivity index (χ2v) is 11.4. The summed E-state index contributed by atoms with van der Waals surface area (Å²) in [5.41, 5.74) is 5.18. The Bertz CT molecular complexity index is 1260. The van der Waals surface area contributed by atoms with Gasteiger partial charge in [-0.2, -0.15) is 5.10 Å². The molecule has 0 spiro atoms. The Labute approximate surface area is 220 Å². The Morgan fingerprint density at radius 3 is 2.14 bits per heavy atom. The largest absolute Gasteiger partial charge is 0.298 e. The molecule has 1 aliphatic rings. The van der Waals surface area contributed by atoms with E-state index < -0.39 is 15.9 Å². The van der Waals surface area contributed by atoms with Crippen molar-refractivity contribution in [1.82, 2.24) is 10.3 Å². The molecule has 1 saturated heterocycles. The molecule has 0 bridgehead atoms. The quantitative estimate of drug-likeness (QED) is 0.309. The minimum Gasteiger partial charge on any atom is -0.298 e. The van der Waals surface area contributed by atoms with Crippen molar-refractivity contribution in [2.45, 2.75) is 24.3 Å². The van der Waals surface area contributed by atoms with Crippen molar-refractivity contribution in [1.29, 1.82) is 0 Å². The lowest BCUT2D eigenvalue weighted by Crippen LogP contribution is -2.40. The van der Waals surface area contributed by atoms with Crippen molar-refractivity contribution in [3.8, 4) is 0 Å². The molecule has 9 heteroatoms. The van der Waals surface area contributed by atoms with Crippen molar-refractivity contribution < 1.29 is 13.2 Å². The first-order valence-electron chi connectivity index (χ1n) is 11.4. The number of nitrogens with zero attached hydrogens (tertiary/aromatic N) is 3. The van der Waals surface area contributed by atoms with E-state index in [1.165, 1.54) is 17.7 Å². The van der Waals surface area contributed by atoms with Crippen LogP contribution < -0.4 is 9.73 Å². The summed E-state index contributed by atoms with van der Waals surface area (Å²) in [4.78, 5) is 15.3. The summed E-state index contributed by atoms with van der Waals surface area (Å²) < 4.78 is 28.8. The molecule has 0 saturated carbocycles. The van der Waals surface area contributed by atoms with Crippen molar-refractivity contribution in [2.75, 3.05) is 23.9 Å². The fourth-order valence-corrected chi connectivity index (χ4v) is 5.67. The summed E-state index contributed by atoms with van der Waals surface area (Å²) in [6.07, 6.45) is 1.52. The number of piperidine rings is 1. The molecule has 0 aromatic heterocycles. The number of hydrazone groups is 1. The van der Waals surface area contributed by atoms with E-state index in [1.807, 2.05) is 30.3 Å². The lowest BCUT2D eigenvalue weighted by molar-refractivity contribution is -0.119. The number of carbonyl (C=O) groups excluding carboxylic acids is 1. The average molecular weight is 602 g/mol. The second-order valence-electron chi connectivity index (χ2n) is 8.28. The maximum atomic E-state index is 13.3. The number of hydrogen-bond acceptors (Lipinski definition) is 5. The number of carbonyl (C=O) groups is 1. The summed E-state index contributed by atoms with van der Waals surface area (Å²) in [6.45, 7) is 2.25. The van der Waals surface area contributed by atoms with Gasteiger partial charge in [0.05, 0.1) is 10.6 Å². The maximum Gasteiger partial charge on any atom is 0.264 e. The van der Waals surface area contributed by atoms with Crippen LogP contribution in [0.5, 0.6) is 0 Å². The number of likely N-dealkylation sites (tertiary alicyclic amines) is 1. The van der Waals surface area contributed by atoms with E-state index in [4.69, 9.17) is 0 Å². The highest BCUT2D eigenvalue weighted by Crippen LogP contribution is 2.24. The second kappa shape index (κ2) is 11.8. The number of nitrogens with one attached hydrogen (secondary N) is 1. The first-order valence-corrected chi connectivity index (χ1v) is 13.9. The Morgan fingerprint density at radius 2 is 1.51 bits per heavy atom. The van der Waals surface area contributed by atoms with Crippen LogP contribution in [0.15, 0.2) is 94.9 Å². The van der Waals surface area contributed by atoms with Gasteiger partial charge in [0, 0.05) is 41.8 Å². The molecule has 1 N–H and O–H groups in total. The summed E-state index contributed by atoms with van der Waals surface area (Å²) >= 11 is 2.15. The molecule has 3 aromatic carbocycles. The lowest BCUT2D eigenvalue weighted by atomic mass is 10.1. The molecule has 1 heterocycles. The van der Waals surface area contributed by atoms with Crippen LogP contribution in [0.25, 0.3) is 0 Å². The number of hydrogen-bond donors (Lipinski definition) is 1. The zero-order chi connectivity index (χ0) is 24.7. The number of benzene rings is 3. The highest BCUT2D eigenvalue weighted by molar-refractivity contribution is 14.1. The summed E-state index contributed by atoms with van der Waals surface area (Å²) in [7, 11) is -3.93. The van der Waals surface area contributed by atoms with E-state index >= 15 is 0 Å². The SMILES string of the molecule is O=C(CN(c1ccc(I)cc1)S(=O)(=O)c1ccccc1)NN=C1CCN(Cc2ccccc2)CC1. The number of sulfonamides is 1. The van der Waals surface area contributed by atoms with E-state index in [1.54, 1.807) is 30.3 Å². The maximum absolute atomic E-state index is 13.3. The van der Waals surface area contributed by atoms with Gasteiger partial charge in [-0.1, -0.05) is 48.5 Å². The van der Waals surface area contributed by atoms with Crippen molar-refractivity contribution in [2.24, 2.45) is 5.10 Å².